The van der Waals surface area contributed by atoms with Gasteiger partial charge in [0.2, 0.25) is 5.16 Å². The van der Waals surface area contributed by atoms with E-state index in [9.17, 15) is 4.39 Å². The first kappa shape index (κ1) is 21.5. The standard InChI is InChI=1S/C19H21BrFN5O2S/c1-26-19(23-24-25-26)29-8-7-22-11-14-9-16(20)18(17(10-14)27-2)28-12-13-3-5-15(21)6-4-13/h3-6,9-10,22H,7-8,11-12H2,1-2H3/p+1. The van der Waals surface area contributed by atoms with Crippen molar-refractivity contribution in [1.29, 1.82) is 0 Å². The number of benzene rings is 2. The number of nitrogens with two attached hydrogens (primary N) is 1. The first-order valence-electron chi connectivity index (χ1n) is 8.97. The summed E-state index contributed by atoms with van der Waals surface area (Å²) in [6.45, 7) is 2.07. The Morgan fingerprint density at radius 2 is 2.00 bits per heavy atom. The maximum absolute atomic E-state index is 13.0. The van der Waals surface area contributed by atoms with E-state index in [0.29, 0.717) is 18.1 Å². The second kappa shape index (κ2) is 10.6. The first-order valence-corrected chi connectivity index (χ1v) is 10.7. The largest absolute Gasteiger partial charge is 0.493 e. The summed E-state index contributed by atoms with van der Waals surface area (Å²) in [5.74, 6) is 1.93. The Bertz CT molecular complexity index is 939. The molecule has 0 radical (unpaired) electrons. The maximum atomic E-state index is 13.0. The van der Waals surface area contributed by atoms with Gasteiger partial charge < -0.3 is 14.8 Å². The van der Waals surface area contributed by atoms with Crippen molar-refractivity contribution in [2.75, 3.05) is 19.4 Å². The van der Waals surface area contributed by atoms with Gasteiger partial charge in [0.05, 0.1) is 23.9 Å². The van der Waals surface area contributed by atoms with Crippen LogP contribution in [0, 0.1) is 5.82 Å². The number of ether oxygens (including phenoxy) is 2. The molecule has 1 heterocycles. The molecule has 3 rings (SSSR count). The van der Waals surface area contributed by atoms with Crippen molar-refractivity contribution >= 4 is 27.7 Å². The van der Waals surface area contributed by atoms with Crippen molar-refractivity contribution in [3.8, 4) is 11.5 Å². The molecule has 7 nitrogen and oxygen atoms in total. The van der Waals surface area contributed by atoms with Crippen LogP contribution in [-0.2, 0) is 20.2 Å². The topological polar surface area (TPSA) is 78.7 Å². The van der Waals surface area contributed by atoms with Crippen LogP contribution in [0.1, 0.15) is 11.1 Å². The third-order valence-corrected chi connectivity index (χ3v) is 5.73. The number of aromatic nitrogens is 4. The molecule has 10 heteroatoms. The number of quaternary nitrogens is 1. The molecule has 0 saturated heterocycles. The molecule has 0 aliphatic heterocycles. The van der Waals surface area contributed by atoms with E-state index in [2.05, 4.69) is 36.8 Å². The quantitative estimate of drug-likeness (QED) is 0.353. The molecule has 0 fully saturated rings. The molecule has 0 saturated carbocycles. The van der Waals surface area contributed by atoms with Crippen LogP contribution >= 0.6 is 27.7 Å². The van der Waals surface area contributed by atoms with Gasteiger partial charge in [-0.05, 0) is 56.2 Å². The molecule has 154 valence electrons. The molecule has 29 heavy (non-hydrogen) atoms. The molecule has 0 amide bonds. The maximum Gasteiger partial charge on any atom is 0.209 e. The molecule has 0 unspecified atom stereocenters. The second-order valence-corrected chi connectivity index (χ2v) is 8.16. The van der Waals surface area contributed by atoms with E-state index in [-0.39, 0.29) is 5.82 Å². The van der Waals surface area contributed by atoms with E-state index in [4.69, 9.17) is 9.47 Å². The van der Waals surface area contributed by atoms with Crippen LogP contribution in [0.2, 0.25) is 0 Å². The fraction of sp³-hybridized carbons (Fsp3) is 0.316. The molecule has 3 aromatic rings. The molecule has 1 aromatic heterocycles. The molecule has 0 spiro atoms. The van der Waals surface area contributed by atoms with Crippen LogP contribution < -0.4 is 14.8 Å². The second-order valence-electron chi connectivity index (χ2n) is 6.24. The highest BCUT2D eigenvalue weighted by Crippen LogP contribution is 2.37. The lowest BCUT2D eigenvalue weighted by atomic mass is 10.2. The third kappa shape index (κ3) is 6.15. The van der Waals surface area contributed by atoms with E-state index < -0.39 is 0 Å². The first-order chi connectivity index (χ1) is 14.1. The SMILES string of the molecule is COc1cc(C[NH2+]CCSc2nnnn2C)cc(Br)c1OCc1ccc(F)cc1. The minimum Gasteiger partial charge on any atom is -0.493 e. The summed E-state index contributed by atoms with van der Waals surface area (Å²) in [7, 11) is 3.45. The van der Waals surface area contributed by atoms with Crippen LogP contribution in [0.5, 0.6) is 11.5 Å². The van der Waals surface area contributed by atoms with Crippen molar-refractivity contribution in [3.05, 3.63) is 57.8 Å². The normalized spacial score (nSPS) is 10.9. The summed E-state index contributed by atoms with van der Waals surface area (Å²) in [5.41, 5.74) is 2.00. The molecular formula is C19H22BrFN5O2S+. The lowest BCUT2D eigenvalue weighted by molar-refractivity contribution is -0.666. The molecule has 0 aliphatic carbocycles. The lowest BCUT2D eigenvalue weighted by Crippen LogP contribution is -2.83. The zero-order valence-electron chi connectivity index (χ0n) is 16.1. The molecule has 2 aromatic carbocycles. The Morgan fingerprint density at radius 1 is 1.21 bits per heavy atom. The van der Waals surface area contributed by atoms with Crippen LogP contribution in [0.25, 0.3) is 0 Å². The van der Waals surface area contributed by atoms with Crippen LogP contribution in [-0.4, -0.2) is 39.6 Å². The third-order valence-electron chi connectivity index (χ3n) is 4.10. The van der Waals surface area contributed by atoms with Crippen molar-refractivity contribution in [2.24, 2.45) is 7.05 Å². The average Bonchev–Trinajstić information content (AvgIpc) is 3.12. The van der Waals surface area contributed by atoms with Gasteiger partial charge in [-0.25, -0.2) is 9.07 Å². The fourth-order valence-electron chi connectivity index (χ4n) is 2.61. The van der Waals surface area contributed by atoms with Crippen molar-refractivity contribution in [2.45, 2.75) is 18.3 Å². The number of thioether (sulfide) groups is 1. The number of aryl methyl sites for hydroxylation is 1. The van der Waals surface area contributed by atoms with E-state index in [1.165, 1.54) is 12.1 Å². The van der Waals surface area contributed by atoms with E-state index in [1.54, 1.807) is 35.7 Å². The lowest BCUT2D eigenvalue weighted by Gasteiger charge is -2.14. The van der Waals surface area contributed by atoms with Gasteiger partial charge in [0.15, 0.2) is 11.5 Å². The highest BCUT2D eigenvalue weighted by molar-refractivity contribution is 9.10. The zero-order valence-corrected chi connectivity index (χ0v) is 18.5. The van der Waals surface area contributed by atoms with Crippen LogP contribution in [0.3, 0.4) is 0 Å². The number of tetrazole rings is 1. The highest BCUT2D eigenvalue weighted by atomic mass is 79.9. The zero-order chi connectivity index (χ0) is 20.6. The summed E-state index contributed by atoms with van der Waals surface area (Å²) < 4.78 is 26.9. The predicted molar refractivity (Wildman–Crippen MR) is 111 cm³/mol. The van der Waals surface area contributed by atoms with E-state index >= 15 is 0 Å². The Labute approximate surface area is 181 Å². The Balaban J connectivity index is 1.53. The molecular weight excluding hydrogens is 461 g/mol. The minimum atomic E-state index is -0.264. The minimum absolute atomic E-state index is 0.264. The van der Waals surface area contributed by atoms with Gasteiger partial charge in [-0.1, -0.05) is 23.9 Å². The number of halogens is 2. The number of hydrogen-bond donors (Lipinski definition) is 1. The van der Waals surface area contributed by atoms with Crippen molar-refractivity contribution < 1.29 is 19.2 Å². The summed E-state index contributed by atoms with van der Waals surface area (Å²) in [6, 6.07) is 10.2. The van der Waals surface area contributed by atoms with Gasteiger partial charge in [0, 0.05) is 12.6 Å². The summed E-state index contributed by atoms with van der Waals surface area (Å²) >= 11 is 5.20. The summed E-state index contributed by atoms with van der Waals surface area (Å²) in [6.07, 6.45) is 0. The smallest absolute Gasteiger partial charge is 0.209 e. The summed E-state index contributed by atoms with van der Waals surface area (Å²) in [4.78, 5) is 0. The summed E-state index contributed by atoms with van der Waals surface area (Å²) in [5, 5.41) is 14.4. The molecule has 0 aliphatic rings. The number of nitrogens with zero attached hydrogens (tertiary/aromatic N) is 4. The van der Waals surface area contributed by atoms with E-state index in [0.717, 1.165) is 39.6 Å². The number of rotatable bonds is 10. The van der Waals surface area contributed by atoms with Gasteiger partial charge in [-0.3, -0.25) is 0 Å². The van der Waals surface area contributed by atoms with Gasteiger partial charge in [-0.2, -0.15) is 0 Å². The molecule has 0 bridgehead atoms. The number of hydrogen-bond acceptors (Lipinski definition) is 6. The van der Waals surface area contributed by atoms with Gasteiger partial charge >= 0.3 is 0 Å². The number of methoxy groups -OCH3 is 1. The van der Waals surface area contributed by atoms with E-state index in [1.807, 2.05) is 19.2 Å². The molecule has 2 N–H and O–H groups in total. The Kier molecular flexibility index (Phi) is 7.84. The fourth-order valence-corrected chi connectivity index (χ4v) is 4.00. The van der Waals surface area contributed by atoms with Gasteiger partial charge in [0.1, 0.15) is 19.0 Å². The monoisotopic (exact) mass is 482 g/mol. The van der Waals surface area contributed by atoms with Crippen molar-refractivity contribution in [1.82, 2.24) is 20.2 Å². The Morgan fingerprint density at radius 3 is 2.69 bits per heavy atom. The highest BCUT2D eigenvalue weighted by Gasteiger charge is 2.13. The van der Waals surface area contributed by atoms with Gasteiger partial charge in [-0.15, -0.1) is 5.10 Å². The molecule has 0 atom stereocenters. The van der Waals surface area contributed by atoms with Gasteiger partial charge in [0.25, 0.3) is 0 Å². The van der Waals surface area contributed by atoms with Crippen LogP contribution in [0.4, 0.5) is 4.39 Å². The Hall–Kier alpha value is -2.17. The average molecular weight is 483 g/mol. The van der Waals surface area contributed by atoms with Crippen LogP contribution in [0.15, 0.2) is 46.0 Å². The van der Waals surface area contributed by atoms with Crippen molar-refractivity contribution in [3.63, 3.8) is 0 Å². The predicted octanol–water partition coefficient (Wildman–Crippen LogP) is 2.56.